The molecule has 0 aliphatic rings. The summed E-state index contributed by atoms with van der Waals surface area (Å²) >= 11 is 0. The molecule has 0 unspecified atom stereocenters. The van der Waals surface area contributed by atoms with Gasteiger partial charge in [0.25, 0.3) is 0 Å². The maximum absolute atomic E-state index is 13.4. The fourth-order valence-electron chi connectivity index (χ4n) is 1.88. The maximum atomic E-state index is 13.4. The van der Waals surface area contributed by atoms with Crippen molar-refractivity contribution in [3.05, 3.63) is 58.4 Å². The van der Waals surface area contributed by atoms with E-state index in [1.54, 1.807) is 12.1 Å². The molecule has 0 aromatic heterocycles. The van der Waals surface area contributed by atoms with E-state index in [2.05, 4.69) is 4.74 Å². The van der Waals surface area contributed by atoms with Crippen LogP contribution in [0.1, 0.15) is 11.1 Å². The molecule has 0 heterocycles. The smallest absolute Gasteiger partial charge is 0.231 e. The third kappa shape index (κ3) is 3.13. The number of halogens is 5. The fourth-order valence-corrected chi connectivity index (χ4v) is 1.88. The molecule has 22 heavy (non-hydrogen) atoms. The lowest BCUT2D eigenvalue weighted by molar-refractivity contribution is 0.107. The van der Waals surface area contributed by atoms with Crippen molar-refractivity contribution in [2.24, 2.45) is 0 Å². The van der Waals surface area contributed by atoms with Gasteiger partial charge in [0.05, 0.1) is 0 Å². The largest absolute Gasteiger partial charge is 0.457 e. The van der Waals surface area contributed by atoms with E-state index in [0.717, 1.165) is 11.1 Å². The first-order valence-electron chi connectivity index (χ1n) is 6.16. The first-order chi connectivity index (χ1) is 10.3. The predicted molar refractivity (Wildman–Crippen MR) is 68.3 cm³/mol. The molecule has 118 valence electrons. The van der Waals surface area contributed by atoms with Crippen LogP contribution in [0.2, 0.25) is 0 Å². The molecule has 2 aromatic rings. The summed E-state index contributed by atoms with van der Waals surface area (Å²) < 4.78 is 75.2. The summed E-state index contributed by atoms with van der Waals surface area (Å²) in [6, 6.07) is 5.14. The van der Waals surface area contributed by atoms with E-state index in [4.69, 9.17) is 4.74 Å². The molecule has 2 aromatic carbocycles. The predicted octanol–water partition coefficient (Wildman–Crippen LogP) is 4.41. The van der Waals surface area contributed by atoms with Crippen LogP contribution in [0.15, 0.2) is 18.2 Å². The first kappa shape index (κ1) is 16.1. The Labute approximate surface area is 123 Å². The van der Waals surface area contributed by atoms with Gasteiger partial charge in [0.2, 0.25) is 41.6 Å². The van der Waals surface area contributed by atoms with Crippen molar-refractivity contribution in [2.75, 3.05) is 6.79 Å². The number of benzene rings is 2. The van der Waals surface area contributed by atoms with E-state index in [0.29, 0.717) is 5.75 Å². The van der Waals surface area contributed by atoms with Gasteiger partial charge in [0, 0.05) is 0 Å². The van der Waals surface area contributed by atoms with E-state index in [1.165, 1.54) is 0 Å². The van der Waals surface area contributed by atoms with Crippen LogP contribution in [0.5, 0.6) is 11.5 Å². The van der Waals surface area contributed by atoms with Crippen molar-refractivity contribution in [1.29, 1.82) is 0 Å². The number of hydrogen-bond acceptors (Lipinski definition) is 2. The normalized spacial score (nSPS) is 10.7. The number of rotatable bonds is 4. The third-order valence-corrected chi connectivity index (χ3v) is 2.79. The Kier molecular flexibility index (Phi) is 4.54. The molecule has 0 aliphatic heterocycles. The fraction of sp³-hybridized carbons (Fsp3) is 0.200. The SMILES string of the molecule is Cc1cc(C)cc(OCOc2c(F)c(F)c(F)c(F)c2F)c1. The second-order valence-electron chi connectivity index (χ2n) is 4.63. The lowest BCUT2D eigenvalue weighted by atomic mass is 10.1. The molecule has 2 nitrogen and oxygen atoms in total. The average Bonchev–Trinajstić information content (AvgIpc) is 2.46. The van der Waals surface area contributed by atoms with Crippen LogP contribution >= 0.6 is 0 Å². The van der Waals surface area contributed by atoms with Gasteiger partial charge < -0.3 is 9.47 Å². The van der Waals surface area contributed by atoms with Gasteiger partial charge >= 0.3 is 0 Å². The molecule has 0 spiro atoms. The second kappa shape index (κ2) is 6.21. The van der Waals surface area contributed by atoms with Crippen molar-refractivity contribution >= 4 is 0 Å². The van der Waals surface area contributed by atoms with Gasteiger partial charge in [-0.15, -0.1) is 0 Å². The van der Waals surface area contributed by atoms with Gasteiger partial charge in [0.15, 0.2) is 0 Å². The van der Waals surface area contributed by atoms with Crippen molar-refractivity contribution in [3.8, 4) is 11.5 Å². The summed E-state index contributed by atoms with van der Waals surface area (Å²) in [4.78, 5) is 0. The highest BCUT2D eigenvalue weighted by Crippen LogP contribution is 2.29. The molecule has 0 amide bonds. The topological polar surface area (TPSA) is 18.5 Å². The van der Waals surface area contributed by atoms with Crippen LogP contribution in [0.3, 0.4) is 0 Å². The van der Waals surface area contributed by atoms with Crippen LogP contribution in [0, 0.1) is 42.9 Å². The maximum Gasteiger partial charge on any atom is 0.231 e. The number of ether oxygens (including phenoxy) is 2. The third-order valence-electron chi connectivity index (χ3n) is 2.79. The molecule has 0 radical (unpaired) electrons. The summed E-state index contributed by atoms with van der Waals surface area (Å²) in [5, 5.41) is 0. The number of hydrogen-bond donors (Lipinski definition) is 0. The Hall–Kier alpha value is -2.31. The summed E-state index contributed by atoms with van der Waals surface area (Å²) in [5.74, 6) is -11.5. The minimum Gasteiger partial charge on any atom is -0.457 e. The Bertz CT molecular complexity index is 666. The van der Waals surface area contributed by atoms with Crippen LogP contribution in [0.4, 0.5) is 22.0 Å². The Morgan fingerprint density at radius 2 is 1.14 bits per heavy atom. The van der Waals surface area contributed by atoms with E-state index in [9.17, 15) is 22.0 Å². The lowest BCUT2D eigenvalue weighted by Crippen LogP contribution is -2.11. The molecule has 7 heteroatoms. The number of aryl methyl sites for hydroxylation is 2. The van der Waals surface area contributed by atoms with Gasteiger partial charge in [-0.3, -0.25) is 0 Å². The Balaban J connectivity index is 2.15. The summed E-state index contributed by atoms with van der Waals surface area (Å²) in [6.45, 7) is 2.91. The van der Waals surface area contributed by atoms with E-state index in [1.807, 2.05) is 19.9 Å². The van der Waals surface area contributed by atoms with Crippen molar-refractivity contribution in [3.63, 3.8) is 0 Å². The average molecular weight is 318 g/mol. The zero-order valence-electron chi connectivity index (χ0n) is 11.6. The monoisotopic (exact) mass is 318 g/mol. The highest BCUT2D eigenvalue weighted by Gasteiger charge is 2.27. The quantitative estimate of drug-likeness (QED) is 0.360. The molecular weight excluding hydrogens is 307 g/mol. The summed E-state index contributed by atoms with van der Waals surface area (Å²) in [6.07, 6.45) is 0. The van der Waals surface area contributed by atoms with Crippen LogP contribution in [-0.4, -0.2) is 6.79 Å². The molecule has 0 saturated carbocycles. The van der Waals surface area contributed by atoms with Gasteiger partial charge in [-0.1, -0.05) is 6.07 Å². The minimum atomic E-state index is -2.24. The zero-order chi connectivity index (χ0) is 16.4. The molecule has 0 aliphatic carbocycles. The summed E-state index contributed by atoms with van der Waals surface area (Å²) in [7, 11) is 0. The van der Waals surface area contributed by atoms with Crippen molar-refractivity contribution in [2.45, 2.75) is 13.8 Å². The zero-order valence-corrected chi connectivity index (χ0v) is 11.6. The molecule has 0 N–H and O–H groups in total. The molecular formula is C15H11F5O2. The van der Waals surface area contributed by atoms with Gasteiger partial charge in [-0.25, -0.2) is 13.2 Å². The van der Waals surface area contributed by atoms with Crippen molar-refractivity contribution in [1.82, 2.24) is 0 Å². The lowest BCUT2D eigenvalue weighted by Gasteiger charge is -2.12. The highest BCUT2D eigenvalue weighted by atomic mass is 19.2. The molecule has 0 saturated heterocycles. The molecule has 0 atom stereocenters. The van der Waals surface area contributed by atoms with Crippen LogP contribution < -0.4 is 9.47 Å². The molecule has 2 rings (SSSR count). The molecule has 0 bridgehead atoms. The van der Waals surface area contributed by atoms with Crippen LogP contribution in [-0.2, 0) is 0 Å². The summed E-state index contributed by atoms with van der Waals surface area (Å²) in [5.41, 5.74) is 1.76. The van der Waals surface area contributed by atoms with Gasteiger partial charge in [0.1, 0.15) is 5.75 Å². The minimum absolute atomic E-state index is 0.348. The van der Waals surface area contributed by atoms with Gasteiger partial charge in [-0.2, -0.15) is 8.78 Å². The highest BCUT2D eigenvalue weighted by molar-refractivity contribution is 5.33. The van der Waals surface area contributed by atoms with Gasteiger partial charge in [-0.05, 0) is 37.1 Å². The van der Waals surface area contributed by atoms with E-state index in [-0.39, 0.29) is 0 Å². The Morgan fingerprint density at radius 1 is 0.682 bits per heavy atom. The van der Waals surface area contributed by atoms with Crippen molar-refractivity contribution < 1.29 is 31.4 Å². The first-order valence-corrected chi connectivity index (χ1v) is 6.16. The van der Waals surface area contributed by atoms with E-state index < -0.39 is 41.6 Å². The van der Waals surface area contributed by atoms with E-state index >= 15 is 0 Å². The second-order valence-corrected chi connectivity index (χ2v) is 4.63. The van der Waals surface area contributed by atoms with Crippen LogP contribution in [0.25, 0.3) is 0 Å². The molecule has 0 fully saturated rings. The Morgan fingerprint density at radius 3 is 1.64 bits per heavy atom. The standard InChI is InChI=1S/C15H11F5O2/c1-7-3-8(2)5-9(4-7)21-6-22-15-13(19)11(17)10(16)12(18)14(15)20/h3-5H,6H2,1-2H3.